The molecule has 5 aromatic rings. The Morgan fingerprint density at radius 2 is 1.49 bits per heavy atom. The molecule has 2 amide bonds. The minimum atomic E-state index is -0.316. The molecule has 0 spiro atoms. The summed E-state index contributed by atoms with van der Waals surface area (Å²) in [5.74, 6) is 0.658. The van der Waals surface area contributed by atoms with E-state index in [1.165, 1.54) is 16.8 Å². The Balaban J connectivity index is 1.30. The maximum absolute atomic E-state index is 13.6. The van der Waals surface area contributed by atoms with Crippen molar-refractivity contribution in [2.45, 2.75) is 40.0 Å². The molecule has 220 valence electrons. The largest absolute Gasteiger partial charge is 0.378 e. The highest BCUT2D eigenvalue weighted by Gasteiger charge is 2.25. The highest BCUT2D eigenvalue weighted by molar-refractivity contribution is 6.10. The van der Waals surface area contributed by atoms with Crippen molar-refractivity contribution >= 4 is 34.0 Å². The molecule has 0 unspecified atom stereocenters. The lowest BCUT2D eigenvalue weighted by Crippen LogP contribution is -2.36. The first-order chi connectivity index (χ1) is 20.7. The first-order valence-electron chi connectivity index (χ1n) is 14.9. The maximum Gasteiger partial charge on any atom is 0.324 e. The van der Waals surface area contributed by atoms with E-state index >= 15 is 0 Å². The number of benzene rings is 4. The number of anilines is 3. The highest BCUT2D eigenvalue weighted by atomic mass is 16.5. The van der Waals surface area contributed by atoms with Crippen LogP contribution in [0.5, 0.6) is 0 Å². The van der Waals surface area contributed by atoms with Crippen molar-refractivity contribution in [2.24, 2.45) is 0 Å². The zero-order valence-corrected chi connectivity index (χ0v) is 25.6. The summed E-state index contributed by atoms with van der Waals surface area (Å²) in [6.07, 6.45) is 1.84. The van der Waals surface area contributed by atoms with E-state index in [4.69, 9.17) is 4.74 Å². The Morgan fingerprint density at radius 3 is 2.19 bits per heavy atom. The molecule has 4 aromatic carbocycles. The molecule has 1 aromatic heterocycles. The molecule has 7 nitrogen and oxygen atoms in total. The van der Waals surface area contributed by atoms with Gasteiger partial charge in [0.1, 0.15) is 5.82 Å². The second kappa shape index (κ2) is 11.6. The third-order valence-corrected chi connectivity index (χ3v) is 8.14. The quantitative estimate of drug-likeness (QED) is 0.223. The predicted molar refractivity (Wildman–Crippen MR) is 177 cm³/mol. The van der Waals surface area contributed by atoms with Crippen LogP contribution in [0, 0.1) is 13.8 Å². The summed E-state index contributed by atoms with van der Waals surface area (Å²) < 4.78 is 7.33. The molecule has 2 N–H and O–H groups in total. The number of urea groups is 1. The van der Waals surface area contributed by atoms with E-state index in [2.05, 4.69) is 91.6 Å². The van der Waals surface area contributed by atoms with Gasteiger partial charge in [0.15, 0.2) is 0 Å². The molecule has 1 aliphatic heterocycles. The number of rotatable bonds is 5. The number of hydrogen-bond donors (Lipinski definition) is 2. The average Bonchev–Trinajstić information content (AvgIpc) is 3.42. The van der Waals surface area contributed by atoms with Crippen LogP contribution >= 0.6 is 0 Å². The van der Waals surface area contributed by atoms with Gasteiger partial charge in [-0.15, -0.1) is 0 Å². The number of fused-ring (bicyclic) bond motifs is 1. The topological polar surface area (TPSA) is 71.4 Å². The molecule has 7 heteroatoms. The number of carbonyl (C=O) groups excluding carboxylic acids is 1. The molecule has 0 atom stereocenters. The van der Waals surface area contributed by atoms with E-state index in [1.807, 2.05) is 48.7 Å². The van der Waals surface area contributed by atoms with E-state index < -0.39 is 0 Å². The molecule has 1 saturated heterocycles. The number of aromatic nitrogens is 2. The van der Waals surface area contributed by atoms with Crippen LogP contribution in [0.1, 0.15) is 37.5 Å². The van der Waals surface area contributed by atoms with Gasteiger partial charge in [-0.1, -0.05) is 74.9 Å². The fourth-order valence-electron chi connectivity index (χ4n) is 5.77. The minimum absolute atomic E-state index is 0.213. The van der Waals surface area contributed by atoms with E-state index in [9.17, 15) is 4.79 Å². The summed E-state index contributed by atoms with van der Waals surface area (Å²) in [4.78, 5) is 15.9. The SMILES string of the molecule is Cc1ccc(-n2ncc(C(C)(C)C)c2NC(=O)Nc2ccc(-c3ccc(N4CCOCC4)cc3C)c3ccccc23)cc1. The van der Waals surface area contributed by atoms with Crippen molar-refractivity contribution in [3.63, 3.8) is 0 Å². The van der Waals surface area contributed by atoms with Gasteiger partial charge in [0.25, 0.3) is 0 Å². The molecular formula is C36H39N5O2. The van der Waals surface area contributed by atoms with Crippen molar-refractivity contribution < 1.29 is 9.53 Å². The van der Waals surface area contributed by atoms with Crippen molar-refractivity contribution in [2.75, 3.05) is 41.8 Å². The number of aryl methyl sites for hydroxylation is 2. The average molecular weight is 574 g/mol. The zero-order valence-electron chi connectivity index (χ0n) is 25.6. The van der Waals surface area contributed by atoms with Gasteiger partial charge in [0, 0.05) is 29.7 Å². The van der Waals surface area contributed by atoms with E-state index in [-0.39, 0.29) is 11.4 Å². The first-order valence-corrected chi connectivity index (χ1v) is 14.9. The van der Waals surface area contributed by atoms with Gasteiger partial charge in [-0.05, 0) is 71.7 Å². The lowest BCUT2D eigenvalue weighted by Gasteiger charge is -2.29. The van der Waals surface area contributed by atoms with Gasteiger partial charge in [0.05, 0.1) is 30.8 Å². The first kappa shape index (κ1) is 28.5. The second-order valence-corrected chi connectivity index (χ2v) is 12.3. The highest BCUT2D eigenvalue weighted by Crippen LogP contribution is 2.37. The summed E-state index contributed by atoms with van der Waals surface area (Å²) in [5.41, 5.74) is 8.31. The van der Waals surface area contributed by atoms with Crippen LogP contribution < -0.4 is 15.5 Å². The van der Waals surface area contributed by atoms with Gasteiger partial charge in [-0.3, -0.25) is 5.32 Å². The predicted octanol–water partition coefficient (Wildman–Crippen LogP) is 8.09. The van der Waals surface area contributed by atoms with Gasteiger partial charge < -0.3 is 15.0 Å². The molecule has 43 heavy (non-hydrogen) atoms. The molecule has 0 aliphatic carbocycles. The monoisotopic (exact) mass is 573 g/mol. The number of nitrogens with zero attached hydrogens (tertiary/aromatic N) is 3. The standard InChI is InChI=1S/C36H39N5O2/c1-24-10-12-26(13-11-24)41-34(32(23-37-41)36(3,4)5)39-35(42)38-33-17-16-30(29-8-6-7-9-31(29)33)28-15-14-27(22-25(28)2)40-18-20-43-21-19-40/h6-17,22-23H,18-21H2,1-5H3,(H2,38,39,42). The maximum atomic E-state index is 13.6. The van der Waals surface area contributed by atoms with Crippen LogP contribution in [0.3, 0.4) is 0 Å². The van der Waals surface area contributed by atoms with Gasteiger partial charge in [0.2, 0.25) is 0 Å². The van der Waals surface area contributed by atoms with Crippen molar-refractivity contribution in [3.8, 4) is 16.8 Å². The van der Waals surface area contributed by atoms with E-state index in [0.29, 0.717) is 5.82 Å². The van der Waals surface area contributed by atoms with E-state index in [0.717, 1.165) is 65.1 Å². The Morgan fingerprint density at radius 1 is 0.814 bits per heavy atom. The molecule has 0 saturated carbocycles. The van der Waals surface area contributed by atoms with Crippen LogP contribution in [-0.2, 0) is 10.2 Å². The van der Waals surface area contributed by atoms with Gasteiger partial charge >= 0.3 is 6.03 Å². The fourth-order valence-corrected chi connectivity index (χ4v) is 5.77. The second-order valence-electron chi connectivity index (χ2n) is 12.3. The molecule has 6 rings (SSSR count). The smallest absolute Gasteiger partial charge is 0.324 e. The van der Waals surface area contributed by atoms with Crippen LogP contribution in [0.2, 0.25) is 0 Å². The number of amides is 2. The third-order valence-electron chi connectivity index (χ3n) is 8.14. The lowest BCUT2D eigenvalue weighted by atomic mass is 9.89. The molecule has 1 aliphatic rings. The Labute approximate surface area is 253 Å². The van der Waals surface area contributed by atoms with Crippen molar-refractivity contribution in [1.82, 2.24) is 9.78 Å². The number of morpholine rings is 1. The minimum Gasteiger partial charge on any atom is -0.378 e. The molecule has 1 fully saturated rings. The Bertz CT molecular complexity index is 1780. The van der Waals surface area contributed by atoms with Gasteiger partial charge in [-0.2, -0.15) is 5.10 Å². The zero-order chi connectivity index (χ0) is 30.1. The van der Waals surface area contributed by atoms with E-state index in [1.54, 1.807) is 4.68 Å². The van der Waals surface area contributed by atoms with Crippen LogP contribution in [0.15, 0.2) is 85.1 Å². The lowest BCUT2D eigenvalue weighted by molar-refractivity contribution is 0.122. The van der Waals surface area contributed by atoms with Crippen LogP contribution in [-0.4, -0.2) is 42.1 Å². The number of nitrogens with one attached hydrogen (secondary N) is 2. The summed E-state index contributed by atoms with van der Waals surface area (Å²) in [7, 11) is 0. The third kappa shape index (κ3) is 5.86. The summed E-state index contributed by atoms with van der Waals surface area (Å²) in [6, 6.07) is 26.8. The number of carbonyl (C=O) groups is 1. The van der Waals surface area contributed by atoms with Crippen molar-refractivity contribution in [3.05, 3.63) is 102 Å². The number of ether oxygens (including phenoxy) is 1. The van der Waals surface area contributed by atoms with Crippen LogP contribution in [0.25, 0.3) is 27.6 Å². The Hall–Kier alpha value is -4.62. The summed E-state index contributed by atoms with van der Waals surface area (Å²) >= 11 is 0. The summed E-state index contributed by atoms with van der Waals surface area (Å²) in [6.45, 7) is 13.9. The van der Waals surface area contributed by atoms with Gasteiger partial charge in [-0.25, -0.2) is 9.48 Å². The van der Waals surface area contributed by atoms with Crippen LogP contribution in [0.4, 0.5) is 22.0 Å². The molecule has 2 heterocycles. The molecule has 0 radical (unpaired) electrons. The normalized spacial score (nSPS) is 13.7. The molecule has 0 bridgehead atoms. The van der Waals surface area contributed by atoms with Crippen molar-refractivity contribution in [1.29, 1.82) is 0 Å². The fraction of sp³-hybridized carbons (Fsp3) is 0.278. The molecular weight excluding hydrogens is 534 g/mol. The number of hydrogen-bond acceptors (Lipinski definition) is 4. The Kier molecular flexibility index (Phi) is 7.67. The summed E-state index contributed by atoms with van der Waals surface area (Å²) in [5, 5.41) is 13.0.